The Morgan fingerprint density at radius 2 is 1.38 bits per heavy atom. The molecule has 3 nitrogen and oxygen atoms in total. The fourth-order valence-corrected chi connectivity index (χ4v) is 4.24. The highest BCUT2D eigenvalue weighted by Gasteiger charge is 2.24. The van der Waals surface area contributed by atoms with Crippen LogP contribution in [0.2, 0.25) is 13.1 Å². The van der Waals surface area contributed by atoms with E-state index < -0.39 is 8.56 Å². The molecule has 178 valence electrons. The Balaban J connectivity index is 2.25. The Hall–Kier alpha value is -1.75. The molecule has 0 aliphatic rings. The molecule has 0 bridgehead atoms. The van der Waals surface area contributed by atoms with Crippen LogP contribution in [-0.2, 0) is 15.5 Å². The van der Waals surface area contributed by atoms with E-state index in [2.05, 4.69) is 77.0 Å². The molecule has 1 heterocycles. The fourth-order valence-electron chi connectivity index (χ4n) is 3.15. The number of rotatable bonds is 15. The van der Waals surface area contributed by atoms with Crippen molar-refractivity contribution in [2.75, 3.05) is 6.61 Å². The predicted molar refractivity (Wildman–Crippen MR) is 141 cm³/mol. The first kappa shape index (κ1) is 28.3. The van der Waals surface area contributed by atoms with Gasteiger partial charge in [-0.1, -0.05) is 52.7 Å². The number of pyridine rings is 1. The lowest BCUT2D eigenvalue weighted by atomic mass is 10.0. The maximum Gasteiger partial charge on any atom is 0.332 e. The van der Waals surface area contributed by atoms with Gasteiger partial charge >= 0.3 is 8.56 Å². The van der Waals surface area contributed by atoms with Crippen molar-refractivity contribution in [1.29, 1.82) is 0 Å². The van der Waals surface area contributed by atoms with Crippen molar-refractivity contribution in [2.45, 2.75) is 92.8 Å². The average molecular weight is 456 g/mol. The second-order valence-electron chi connectivity index (χ2n) is 9.41. The van der Waals surface area contributed by atoms with Crippen LogP contribution >= 0.6 is 0 Å². The van der Waals surface area contributed by atoms with Crippen LogP contribution < -0.4 is 0 Å². The molecule has 1 rings (SSSR count). The third-order valence-corrected chi connectivity index (χ3v) is 7.03. The molecule has 0 aromatic carbocycles. The normalized spacial score (nSPS) is 13.4. The Morgan fingerprint density at radius 1 is 0.812 bits per heavy atom. The van der Waals surface area contributed by atoms with Crippen molar-refractivity contribution in [3.05, 3.63) is 76.7 Å². The topological polar surface area (TPSA) is 31.4 Å². The van der Waals surface area contributed by atoms with Crippen LogP contribution in [0.3, 0.4) is 0 Å². The van der Waals surface area contributed by atoms with Gasteiger partial charge in [0.15, 0.2) is 0 Å². The van der Waals surface area contributed by atoms with Crippen molar-refractivity contribution in [3.63, 3.8) is 0 Å². The van der Waals surface area contributed by atoms with Crippen molar-refractivity contribution in [1.82, 2.24) is 4.98 Å². The summed E-state index contributed by atoms with van der Waals surface area (Å²) in [6.45, 7) is 16.4. The minimum atomic E-state index is -2.13. The Labute approximate surface area is 198 Å². The lowest BCUT2D eigenvalue weighted by Gasteiger charge is -2.22. The number of hydrogen-bond acceptors (Lipinski definition) is 3. The van der Waals surface area contributed by atoms with Gasteiger partial charge in [0.1, 0.15) is 0 Å². The number of nitrogens with zero attached hydrogens (tertiary/aromatic N) is 1. The molecule has 0 atom stereocenters. The Kier molecular flexibility index (Phi) is 14.1. The van der Waals surface area contributed by atoms with Crippen molar-refractivity contribution in [3.8, 4) is 0 Å². The van der Waals surface area contributed by atoms with Gasteiger partial charge in [-0.25, -0.2) is 0 Å². The van der Waals surface area contributed by atoms with Gasteiger partial charge in [0.05, 0.1) is 13.2 Å². The van der Waals surface area contributed by atoms with Gasteiger partial charge in [0.25, 0.3) is 0 Å². The third kappa shape index (κ3) is 15.1. The Morgan fingerprint density at radius 3 is 1.91 bits per heavy atom. The summed E-state index contributed by atoms with van der Waals surface area (Å²) in [7, 11) is -2.13. The molecule has 1 aromatic heterocycles. The van der Waals surface area contributed by atoms with E-state index in [0.717, 1.165) is 37.7 Å². The quantitative estimate of drug-likeness (QED) is 0.196. The zero-order chi connectivity index (χ0) is 23.8. The highest BCUT2D eigenvalue weighted by atomic mass is 28.4. The summed E-state index contributed by atoms with van der Waals surface area (Å²) >= 11 is 0. The third-order valence-electron chi connectivity index (χ3n) is 5.33. The summed E-state index contributed by atoms with van der Waals surface area (Å²) in [5.74, 6) is 0. The minimum Gasteiger partial charge on any atom is -0.391 e. The predicted octanol–water partition coefficient (Wildman–Crippen LogP) is 8.46. The van der Waals surface area contributed by atoms with E-state index >= 15 is 0 Å². The lowest BCUT2D eigenvalue weighted by Crippen LogP contribution is -2.34. The van der Waals surface area contributed by atoms with Gasteiger partial charge in [-0.3, -0.25) is 4.98 Å². The first-order chi connectivity index (χ1) is 15.2. The molecule has 4 heteroatoms. The van der Waals surface area contributed by atoms with Gasteiger partial charge < -0.3 is 8.85 Å². The summed E-state index contributed by atoms with van der Waals surface area (Å²) in [6.07, 6.45) is 19.7. The van der Waals surface area contributed by atoms with E-state index in [1.54, 1.807) is 6.20 Å². The van der Waals surface area contributed by atoms with Crippen LogP contribution in [-0.4, -0.2) is 20.2 Å². The average Bonchev–Trinajstić information content (AvgIpc) is 2.73. The largest absolute Gasteiger partial charge is 0.391 e. The molecule has 0 aliphatic heterocycles. The summed E-state index contributed by atoms with van der Waals surface area (Å²) < 4.78 is 12.1. The molecule has 0 aliphatic carbocycles. The van der Waals surface area contributed by atoms with E-state index in [1.165, 1.54) is 28.7 Å². The molecule has 0 fully saturated rings. The SMILES string of the molecule is CC(C)=CCC/C(C)=C/CC/C(C)=C/CC/C(C)=C/CO[Si](C)(C)OCc1cccnc1. The highest BCUT2D eigenvalue weighted by molar-refractivity contribution is 6.64. The molecule has 0 saturated heterocycles. The summed E-state index contributed by atoms with van der Waals surface area (Å²) in [6, 6.07) is 3.96. The summed E-state index contributed by atoms with van der Waals surface area (Å²) in [4.78, 5) is 4.13. The zero-order valence-corrected chi connectivity index (χ0v) is 22.5. The number of aromatic nitrogens is 1. The van der Waals surface area contributed by atoms with E-state index in [1.807, 2.05) is 18.3 Å². The molecule has 0 spiro atoms. The minimum absolute atomic E-state index is 0.560. The molecular formula is C28H45NO2Si. The second-order valence-corrected chi connectivity index (χ2v) is 12.8. The van der Waals surface area contributed by atoms with Crippen molar-refractivity contribution < 1.29 is 8.85 Å². The maximum absolute atomic E-state index is 6.06. The van der Waals surface area contributed by atoms with Crippen molar-refractivity contribution >= 4 is 8.56 Å². The summed E-state index contributed by atoms with van der Waals surface area (Å²) in [5, 5.41) is 0. The molecule has 0 saturated carbocycles. The van der Waals surface area contributed by atoms with Gasteiger partial charge in [-0.15, -0.1) is 0 Å². The zero-order valence-electron chi connectivity index (χ0n) is 21.5. The van der Waals surface area contributed by atoms with E-state index in [-0.39, 0.29) is 0 Å². The second kappa shape index (κ2) is 16.0. The van der Waals surface area contributed by atoms with Crippen LogP contribution in [0.15, 0.2) is 71.1 Å². The first-order valence-corrected chi connectivity index (χ1v) is 14.8. The Bertz CT molecular complexity index is 772. The van der Waals surface area contributed by atoms with Crippen LogP contribution in [0.1, 0.15) is 78.7 Å². The van der Waals surface area contributed by atoms with Gasteiger partial charge in [0.2, 0.25) is 0 Å². The standard InChI is InChI=1S/C28H45NO2Si/c1-24(2)12-8-13-25(3)14-9-15-26(4)16-10-17-27(5)19-21-30-32(6,7)31-23-28-18-11-20-29-22-28/h11-12,14,16,18-20,22H,8-10,13,15,17,21,23H2,1-7H3/b25-14+,26-16+,27-19+. The molecule has 0 radical (unpaired) electrons. The number of hydrogen-bond donors (Lipinski definition) is 0. The molecule has 1 aromatic rings. The van der Waals surface area contributed by atoms with Crippen LogP contribution in [0.4, 0.5) is 0 Å². The first-order valence-electron chi connectivity index (χ1n) is 11.9. The van der Waals surface area contributed by atoms with E-state index in [9.17, 15) is 0 Å². The molecule has 0 unspecified atom stereocenters. The molecule has 32 heavy (non-hydrogen) atoms. The summed E-state index contributed by atoms with van der Waals surface area (Å²) in [5.41, 5.74) is 6.86. The number of allylic oxidation sites excluding steroid dienone is 7. The van der Waals surface area contributed by atoms with Gasteiger partial charge in [0, 0.05) is 12.4 Å². The van der Waals surface area contributed by atoms with Gasteiger partial charge in [-0.05, 0) is 97.9 Å². The van der Waals surface area contributed by atoms with E-state index in [0.29, 0.717) is 13.2 Å². The molecular weight excluding hydrogens is 410 g/mol. The monoisotopic (exact) mass is 455 g/mol. The van der Waals surface area contributed by atoms with Crippen LogP contribution in [0, 0.1) is 0 Å². The maximum atomic E-state index is 6.06. The van der Waals surface area contributed by atoms with Crippen LogP contribution in [0.25, 0.3) is 0 Å². The van der Waals surface area contributed by atoms with Crippen molar-refractivity contribution in [2.24, 2.45) is 0 Å². The van der Waals surface area contributed by atoms with E-state index in [4.69, 9.17) is 8.85 Å². The highest BCUT2D eigenvalue weighted by Crippen LogP contribution is 2.14. The smallest absolute Gasteiger partial charge is 0.332 e. The lowest BCUT2D eigenvalue weighted by molar-refractivity contribution is 0.186. The van der Waals surface area contributed by atoms with Gasteiger partial charge in [-0.2, -0.15) is 0 Å². The molecule has 0 amide bonds. The molecule has 0 N–H and O–H groups in total. The fraction of sp³-hybridized carbons (Fsp3) is 0.536. The van der Waals surface area contributed by atoms with Crippen LogP contribution in [0.5, 0.6) is 0 Å².